The number of carbonyl (C=O) groups is 1. The summed E-state index contributed by atoms with van der Waals surface area (Å²) < 4.78 is 5.34. The van der Waals surface area contributed by atoms with Crippen LogP contribution in [-0.2, 0) is 4.74 Å². The molecule has 1 amide bonds. The molecule has 110 valence electrons. The van der Waals surface area contributed by atoms with Crippen LogP contribution in [0.5, 0.6) is 0 Å². The van der Waals surface area contributed by atoms with Crippen LogP contribution < -0.4 is 10.6 Å². The summed E-state index contributed by atoms with van der Waals surface area (Å²) in [5.41, 5.74) is -1.45. The fourth-order valence-corrected chi connectivity index (χ4v) is 3.09. The van der Waals surface area contributed by atoms with Crippen molar-refractivity contribution in [3.05, 3.63) is 0 Å². The minimum atomic E-state index is -0.667. The molecule has 0 bridgehead atoms. The number of amides is 1. The number of carbonyl (C=O) groups excluding carboxylic acids is 1. The van der Waals surface area contributed by atoms with E-state index in [4.69, 9.17) is 4.74 Å². The first-order valence-corrected chi connectivity index (χ1v) is 7.16. The highest BCUT2D eigenvalue weighted by molar-refractivity contribution is 5.69. The third kappa shape index (κ3) is 3.83. The van der Waals surface area contributed by atoms with Crippen LogP contribution >= 0.6 is 0 Å². The van der Waals surface area contributed by atoms with E-state index in [1.807, 2.05) is 20.8 Å². The van der Waals surface area contributed by atoms with Gasteiger partial charge in [-0.05, 0) is 33.6 Å². The van der Waals surface area contributed by atoms with Crippen LogP contribution in [-0.4, -0.2) is 41.0 Å². The molecular formula is C14H26N2O3. The number of nitrogens with one attached hydrogen (secondary N) is 2. The van der Waals surface area contributed by atoms with Crippen molar-refractivity contribution in [2.75, 3.05) is 13.1 Å². The molecule has 19 heavy (non-hydrogen) atoms. The Balaban J connectivity index is 1.97. The lowest BCUT2D eigenvalue weighted by Crippen LogP contribution is -2.64. The van der Waals surface area contributed by atoms with E-state index >= 15 is 0 Å². The topological polar surface area (TPSA) is 70.6 Å². The van der Waals surface area contributed by atoms with Gasteiger partial charge in [0.2, 0.25) is 0 Å². The molecule has 2 aliphatic rings. The molecule has 5 heteroatoms. The fraction of sp³-hybridized carbons (Fsp3) is 0.929. The molecule has 0 spiro atoms. The molecule has 0 unspecified atom stereocenters. The molecule has 3 N–H and O–H groups in total. The van der Waals surface area contributed by atoms with Crippen molar-refractivity contribution in [3.8, 4) is 0 Å². The van der Waals surface area contributed by atoms with Gasteiger partial charge in [-0.15, -0.1) is 0 Å². The van der Waals surface area contributed by atoms with Gasteiger partial charge in [-0.25, -0.2) is 4.79 Å². The average Bonchev–Trinajstić information content (AvgIpc) is 2.60. The van der Waals surface area contributed by atoms with E-state index in [-0.39, 0.29) is 11.6 Å². The Morgan fingerprint density at radius 2 is 1.89 bits per heavy atom. The van der Waals surface area contributed by atoms with Gasteiger partial charge in [0.25, 0.3) is 0 Å². The Morgan fingerprint density at radius 1 is 1.32 bits per heavy atom. The van der Waals surface area contributed by atoms with Crippen LogP contribution in [0.15, 0.2) is 0 Å². The molecule has 2 fully saturated rings. The number of rotatable bonds is 3. The summed E-state index contributed by atoms with van der Waals surface area (Å²) in [4.78, 5) is 12.0. The second-order valence-corrected chi connectivity index (χ2v) is 7.12. The van der Waals surface area contributed by atoms with Crippen LogP contribution in [0.3, 0.4) is 0 Å². The molecule has 0 aromatic heterocycles. The summed E-state index contributed by atoms with van der Waals surface area (Å²) in [6, 6.07) is 0. The number of aliphatic hydroxyl groups is 1. The van der Waals surface area contributed by atoms with Gasteiger partial charge in [-0.2, -0.15) is 0 Å². The largest absolute Gasteiger partial charge is 0.444 e. The number of ether oxygens (including phenoxy) is 1. The maximum atomic E-state index is 12.0. The van der Waals surface area contributed by atoms with E-state index in [9.17, 15) is 9.90 Å². The molecule has 1 saturated heterocycles. The van der Waals surface area contributed by atoms with E-state index in [1.165, 1.54) is 0 Å². The van der Waals surface area contributed by atoms with Crippen molar-refractivity contribution in [1.82, 2.24) is 10.6 Å². The van der Waals surface area contributed by atoms with Gasteiger partial charge in [-0.3, -0.25) is 0 Å². The Kier molecular flexibility index (Phi) is 3.80. The second-order valence-electron chi connectivity index (χ2n) is 7.12. The molecule has 5 nitrogen and oxygen atoms in total. The summed E-state index contributed by atoms with van der Waals surface area (Å²) in [6.07, 6.45) is 4.29. The maximum Gasteiger partial charge on any atom is 0.408 e. The predicted molar refractivity (Wildman–Crippen MR) is 73.0 cm³/mol. The molecule has 1 aliphatic heterocycles. The third-order valence-electron chi connectivity index (χ3n) is 3.90. The minimum absolute atomic E-state index is 0.292. The van der Waals surface area contributed by atoms with E-state index < -0.39 is 11.2 Å². The second kappa shape index (κ2) is 4.94. The van der Waals surface area contributed by atoms with Crippen LogP contribution in [0.1, 0.15) is 52.9 Å². The molecule has 0 radical (unpaired) electrons. The first-order chi connectivity index (χ1) is 8.72. The normalized spacial score (nSPS) is 24.6. The standard InChI is InChI=1S/C14H26N2O3/c1-12(2,3)19-11(17)16-13(6-4-5-7-13)8-14(18)9-15-10-14/h15,18H,4-10H2,1-3H3,(H,16,17). The van der Waals surface area contributed by atoms with Crippen molar-refractivity contribution in [1.29, 1.82) is 0 Å². The SMILES string of the molecule is CC(C)(C)OC(=O)NC1(CC2(O)CNC2)CCCC1. The van der Waals surface area contributed by atoms with Crippen molar-refractivity contribution in [2.45, 2.75) is 69.6 Å². The molecule has 0 atom stereocenters. The molecule has 2 rings (SSSR count). The van der Waals surface area contributed by atoms with Crippen molar-refractivity contribution < 1.29 is 14.6 Å². The smallest absolute Gasteiger partial charge is 0.408 e. The Morgan fingerprint density at radius 3 is 2.32 bits per heavy atom. The zero-order chi connectivity index (χ0) is 14.1. The Bertz CT molecular complexity index is 339. The Labute approximate surface area is 115 Å². The van der Waals surface area contributed by atoms with Crippen molar-refractivity contribution in [3.63, 3.8) is 0 Å². The minimum Gasteiger partial charge on any atom is -0.444 e. The maximum absolute atomic E-state index is 12.0. The third-order valence-corrected chi connectivity index (χ3v) is 3.90. The summed E-state index contributed by atoms with van der Waals surface area (Å²) in [7, 11) is 0. The summed E-state index contributed by atoms with van der Waals surface area (Å²) in [5, 5.41) is 16.4. The Hall–Kier alpha value is -0.810. The van der Waals surface area contributed by atoms with Gasteiger partial charge >= 0.3 is 6.09 Å². The van der Waals surface area contributed by atoms with Gasteiger partial charge in [0, 0.05) is 25.0 Å². The number of alkyl carbamates (subject to hydrolysis) is 1. The predicted octanol–water partition coefficient (Wildman–Crippen LogP) is 1.55. The van der Waals surface area contributed by atoms with Gasteiger partial charge in [0.1, 0.15) is 5.60 Å². The molecule has 0 aromatic rings. The van der Waals surface area contributed by atoms with Crippen LogP contribution in [0, 0.1) is 0 Å². The van der Waals surface area contributed by atoms with Gasteiger partial charge in [0.15, 0.2) is 0 Å². The fourth-order valence-electron chi connectivity index (χ4n) is 3.09. The van der Waals surface area contributed by atoms with E-state index in [2.05, 4.69) is 10.6 Å². The lowest BCUT2D eigenvalue weighted by molar-refractivity contribution is -0.0409. The summed E-state index contributed by atoms with van der Waals surface area (Å²) in [5.74, 6) is 0. The quantitative estimate of drug-likeness (QED) is 0.727. The molecule has 1 heterocycles. The zero-order valence-electron chi connectivity index (χ0n) is 12.2. The van der Waals surface area contributed by atoms with E-state index in [1.54, 1.807) is 0 Å². The van der Waals surface area contributed by atoms with E-state index in [0.29, 0.717) is 19.5 Å². The molecule has 1 saturated carbocycles. The number of hydrogen-bond acceptors (Lipinski definition) is 4. The van der Waals surface area contributed by atoms with Crippen molar-refractivity contribution >= 4 is 6.09 Å². The highest BCUT2D eigenvalue weighted by Crippen LogP contribution is 2.37. The highest BCUT2D eigenvalue weighted by atomic mass is 16.6. The molecule has 0 aromatic carbocycles. The first kappa shape index (κ1) is 14.6. The zero-order valence-corrected chi connectivity index (χ0v) is 12.2. The highest BCUT2D eigenvalue weighted by Gasteiger charge is 2.46. The first-order valence-electron chi connectivity index (χ1n) is 7.16. The lowest BCUT2D eigenvalue weighted by atomic mass is 9.80. The van der Waals surface area contributed by atoms with Crippen LogP contribution in [0.25, 0.3) is 0 Å². The van der Waals surface area contributed by atoms with Crippen molar-refractivity contribution in [2.24, 2.45) is 0 Å². The van der Waals surface area contributed by atoms with Gasteiger partial charge in [0.05, 0.1) is 5.60 Å². The molecule has 1 aliphatic carbocycles. The van der Waals surface area contributed by atoms with E-state index in [0.717, 1.165) is 25.7 Å². The van der Waals surface area contributed by atoms with Gasteiger partial charge < -0.3 is 20.5 Å². The number of β-amino-alcohol motifs (C(OH)–C–C–N with tert-alkyl or cyclic N) is 1. The monoisotopic (exact) mass is 270 g/mol. The van der Waals surface area contributed by atoms with Crippen LogP contribution in [0.4, 0.5) is 4.79 Å². The lowest BCUT2D eigenvalue weighted by Gasteiger charge is -2.44. The molecular weight excluding hydrogens is 244 g/mol. The average molecular weight is 270 g/mol. The number of hydrogen-bond donors (Lipinski definition) is 3. The van der Waals surface area contributed by atoms with Gasteiger partial charge in [-0.1, -0.05) is 12.8 Å². The van der Waals surface area contributed by atoms with Crippen LogP contribution in [0.2, 0.25) is 0 Å². The summed E-state index contributed by atoms with van der Waals surface area (Å²) >= 11 is 0. The summed E-state index contributed by atoms with van der Waals surface area (Å²) in [6.45, 7) is 6.81.